The molecule has 0 aliphatic heterocycles. The summed E-state index contributed by atoms with van der Waals surface area (Å²) in [7, 11) is 1.36. The van der Waals surface area contributed by atoms with Gasteiger partial charge in [0.2, 0.25) is 0 Å². The average molecular weight is 189 g/mol. The molecule has 0 saturated carbocycles. The number of hydrogen-bond donors (Lipinski definition) is 2. The predicted molar refractivity (Wildman–Crippen MR) is 50.4 cm³/mol. The van der Waals surface area contributed by atoms with Crippen LogP contribution in [0.2, 0.25) is 0 Å². The highest BCUT2D eigenvalue weighted by molar-refractivity contribution is 5.75. The maximum absolute atomic E-state index is 11.1. The summed E-state index contributed by atoms with van der Waals surface area (Å²) in [6, 6.07) is -0.323. The molecule has 4 heteroatoms. The van der Waals surface area contributed by atoms with Crippen LogP contribution in [0.15, 0.2) is 0 Å². The van der Waals surface area contributed by atoms with Gasteiger partial charge in [-0.05, 0) is 20.3 Å². The van der Waals surface area contributed by atoms with Crippen LogP contribution in [0.1, 0.15) is 27.2 Å². The van der Waals surface area contributed by atoms with Crippen molar-refractivity contribution in [3.63, 3.8) is 0 Å². The zero-order valence-corrected chi connectivity index (χ0v) is 8.76. The minimum Gasteiger partial charge on any atom is -0.468 e. The van der Waals surface area contributed by atoms with Crippen LogP contribution >= 0.6 is 0 Å². The summed E-state index contributed by atoms with van der Waals surface area (Å²) in [5.41, 5.74) is -0.804. The number of carbonyl (C=O) groups excluding carboxylic acids is 1. The Kier molecular flexibility index (Phi) is 4.95. The summed E-state index contributed by atoms with van der Waals surface area (Å²) < 4.78 is 4.59. The van der Waals surface area contributed by atoms with Gasteiger partial charge >= 0.3 is 5.97 Å². The van der Waals surface area contributed by atoms with Gasteiger partial charge in [0.1, 0.15) is 6.04 Å². The molecule has 0 fully saturated rings. The fraction of sp³-hybridized carbons (Fsp3) is 0.889. The Balaban J connectivity index is 3.93. The summed E-state index contributed by atoms with van der Waals surface area (Å²) in [5.74, 6) is -0.285. The largest absolute Gasteiger partial charge is 0.468 e. The van der Waals surface area contributed by atoms with Crippen molar-refractivity contribution in [2.45, 2.75) is 38.8 Å². The van der Waals surface area contributed by atoms with E-state index in [1.165, 1.54) is 7.11 Å². The van der Waals surface area contributed by atoms with Gasteiger partial charge in [0.15, 0.2) is 0 Å². The third kappa shape index (κ3) is 5.60. The Labute approximate surface area is 79.3 Å². The Bertz CT molecular complexity index is 163. The van der Waals surface area contributed by atoms with Gasteiger partial charge in [0, 0.05) is 6.54 Å². The lowest BCUT2D eigenvalue weighted by molar-refractivity contribution is -0.143. The molecular weight excluding hydrogens is 170 g/mol. The minimum absolute atomic E-state index is 0.285. The van der Waals surface area contributed by atoms with E-state index < -0.39 is 5.60 Å². The van der Waals surface area contributed by atoms with E-state index in [0.717, 1.165) is 0 Å². The average Bonchev–Trinajstić information content (AvgIpc) is 2.03. The van der Waals surface area contributed by atoms with Gasteiger partial charge in [0.25, 0.3) is 0 Å². The van der Waals surface area contributed by atoms with Crippen molar-refractivity contribution in [1.29, 1.82) is 0 Å². The van der Waals surface area contributed by atoms with Crippen molar-refractivity contribution < 1.29 is 14.6 Å². The molecule has 0 radical (unpaired) electrons. The first-order chi connectivity index (χ1) is 5.90. The van der Waals surface area contributed by atoms with Gasteiger partial charge in [-0.3, -0.25) is 4.79 Å². The van der Waals surface area contributed by atoms with E-state index in [1.54, 1.807) is 13.8 Å². The Morgan fingerprint density at radius 1 is 1.62 bits per heavy atom. The fourth-order valence-corrected chi connectivity index (χ4v) is 0.910. The standard InChI is InChI=1S/C9H19NO3/c1-5-7(8(11)13-4)10-6-9(2,3)12/h7,10,12H,5-6H2,1-4H3. The molecule has 2 N–H and O–H groups in total. The zero-order valence-electron chi connectivity index (χ0n) is 8.76. The second-order valence-electron chi connectivity index (χ2n) is 3.68. The normalized spacial score (nSPS) is 13.9. The molecule has 0 aromatic heterocycles. The molecule has 0 aromatic carbocycles. The first-order valence-electron chi connectivity index (χ1n) is 4.44. The van der Waals surface area contributed by atoms with Gasteiger partial charge in [-0.1, -0.05) is 6.92 Å². The monoisotopic (exact) mass is 189 g/mol. The zero-order chi connectivity index (χ0) is 10.5. The molecular formula is C9H19NO3. The Morgan fingerprint density at radius 3 is 2.46 bits per heavy atom. The van der Waals surface area contributed by atoms with Gasteiger partial charge in [-0.25, -0.2) is 0 Å². The quantitative estimate of drug-likeness (QED) is 0.611. The molecule has 0 spiro atoms. The molecule has 0 bridgehead atoms. The number of rotatable bonds is 5. The van der Waals surface area contributed by atoms with Crippen molar-refractivity contribution in [3.8, 4) is 0 Å². The molecule has 0 aliphatic carbocycles. The molecule has 0 amide bonds. The summed E-state index contributed by atoms with van der Waals surface area (Å²) in [6.07, 6.45) is 0.656. The lowest BCUT2D eigenvalue weighted by atomic mass is 10.1. The molecule has 4 nitrogen and oxygen atoms in total. The highest BCUT2D eigenvalue weighted by atomic mass is 16.5. The molecule has 0 aliphatic rings. The van der Waals surface area contributed by atoms with Crippen molar-refractivity contribution in [2.24, 2.45) is 0 Å². The maximum atomic E-state index is 11.1. The van der Waals surface area contributed by atoms with E-state index in [4.69, 9.17) is 0 Å². The van der Waals surface area contributed by atoms with E-state index in [-0.39, 0.29) is 12.0 Å². The third-order valence-corrected chi connectivity index (χ3v) is 1.68. The molecule has 0 rings (SSSR count). The van der Waals surface area contributed by atoms with E-state index in [2.05, 4.69) is 10.1 Å². The summed E-state index contributed by atoms with van der Waals surface area (Å²) in [4.78, 5) is 11.1. The number of methoxy groups -OCH3 is 1. The van der Waals surface area contributed by atoms with Gasteiger partial charge in [0.05, 0.1) is 12.7 Å². The Morgan fingerprint density at radius 2 is 2.15 bits per heavy atom. The van der Waals surface area contributed by atoms with Gasteiger partial charge in [-0.15, -0.1) is 0 Å². The first kappa shape index (κ1) is 12.4. The topological polar surface area (TPSA) is 58.6 Å². The molecule has 0 aromatic rings. The molecule has 1 atom stereocenters. The number of nitrogens with one attached hydrogen (secondary N) is 1. The second-order valence-corrected chi connectivity index (χ2v) is 3.68. The van der Waals surface area contributed by atoms with E-state index in [1.807, 2.05) is 6.92 Å². The summed E-state index contributed by atoms with van der Waals surface area (Å²) in [6.45, 7) is 5.63. The first-order valence-corrected chi connectivity index (χ1v) is 4.44. The molecule has 0 saturated heterocycles. The summed E-state index contributed by atoms with van der Waals surface area (Å²) in [5, 5.41) is 12.3. The maximum Gasteiger partial charge on any atom is 0.322 e. The molecule has 0 heterocycles. The van der Waals surface area contributed by atoms with E-state index in [0.29, 0.717) is 13.0 Å². The number of esters is 1. The van der Waals surface area contributed by atoms with E-state index >= 15 is 0 Å². The van der Waals surface area contributed by atoms with Crippen LogP contribution < -0.4 is 5.32 Å². The summed E-state index contributed by atoms with van der Waals surface area (Å²) >= 11 is 0. The van der Waals surface area contributed by atoms with Crippen LogP contribution in [0, 0.1) is 0 Å². The number of ether oxygens (including phenoxy) is 1. The number of aliphatic hydroxyl groups is 1. The van der Waals surface area contributed by atoms with Gasteiger partial charge in [-0.2, -0.15) is 0 Å². The van der Waals surface area contributed by atoms with Crippen molar-refractivity contribution >= 4 is 5.97 Å². The second kappa shape index (κ2) is 5.19. The highest BCUT2D eigenvalue weighted by Crippen LogP contribution is 2.00. The van der Waals surface area contributed by atoms with Crippen molar-refractivity contribution in [2.75, 3.05) is 13.7 Å². The SMILES string of the molecule is CCC(NCC(C)(C)O)C(=O)OC. The van der Waals surface area contributed by atoms with Crippen LogP contribution in [0.4, 0.5) is 0 Å². The van der Waals surface area contributed by atoms with Crippen LogP contribution in [0.5, 0.6) is 0 Å². The van der Waals surface area contributed by atoms with Crippen molar-refractivity contribution in [1.82, 2.24) is 5.32 Å². The minimum atomic E-state index is -0.804. The lowest BCUT2D eigenvalue weighted by Gasteiger charge is -2.21. The number of hydrogen-bond acceptors (Lipinski definition) is 4. The van der Waals surface area contributed by atoms with Crippen LogP contribution in [-0.4, -0.2) is 36.4 Å². The van der Waals surface area contributed by atoms with Crippen molar-refractivity contribution in [3.05, 3.63) is 0 Å². The van der Waals surface area contributed by atoms with Gasteiger partial charge < -0.3 is 15.2 Å². The third-order valence-electron chi connectivity index (χ3n) is 1.68. The van der Waals surface area contributed by atoms with Crippen LogP contribution in [0.25, 0.3) is 0 Å². The molecule has 1 unspecified atom stereocenters. The Hall–Kier alpha value is -0.610. The van der Waals surface area contributed by atoms with Crippen LogP contribution in [0.3, 0.4) is 0 Å². The smallest absolute Gasteiger partial charge is 0.322 e. The predicted octanol–water partition coefficient (Wildman–Crippen LogP) is 0.298. The highest BCUT2D eigenvalue weighted by Gasteiger charge is 2.20. The van der Waals surface area contributed by atoms with Crippen LogP contribution in [-0.2, 0) is 9.53 Å². The molecule has 78 valence electrons. The lowest BCUT2D eigenvalue weighted by Crippen LogP contribution is -2.44. The fourth-order valence-electron chi connectivity index (χ4n) is 0.910. The van der Waals surface area contributed by atoms with E-state index in [9.17, 15) is 9.90 Å². The molecule has 13 heavy (non-hydrogen) atoms. The number of carbonyl (C=O) groups is 1.